The first kappa shape index (κ1) is 137. The Balaban J connectivity index is -0.000000146. The summed E-state index contributed by atoms with van der Waals surface area (Å²) in [6.07, 6.45) is 3.11. The maximum absolute atomic E-state index is 14.0. The number of nitrogens with one attached hydrogen (secondary N) is 1. The van der Waals surface area contributed by atoms with Gasteiger partial charge in [-0.25, -0.2) is 81.6 Å². The molecule has 0 amide bonds. The van der Waals surface area contributed by atoms with E-state index in [1.165, 1.54) is 80.8 Å². The van der Waals surface area contributed by atoms with Crippen LogP contribution in [0.3, 0.4) is 0 Å². The summed E-state index contributed by atoms with van der Waals surface area (Å²) in [5.74, 6) is -8.40. The molecule has 0 saturated heterocycles. The second kappa shape index (κ2) is 67.5. The number of fused-ring (bicyclic) bond motifs is 2. The molecule has 3 aromatic heterocycles. The van der Waals surface area contributed by atoms with Gasteiger partial charge < -0.3 is 61.5 Å². The summed E-state index contributed by atoms with van der Waals surface area (Å²) in [6, 6.07) is 22.6. The number of nitrogens with two attached hydrogens (primary N) is 3. The van der Waals surface area contributed by atoms with Gasteiger partial charge in [0.25, 0.3) is 0 Å². The fourth-order valence-electron chi connectivity index (χ4n) is 9.35. The number of aromatic nitrogens is 5. The monoisotopic (exact) mass is 2250 g/mol. The van der Waals surface area contributed by atoms with Crippen molar-refractivity contribution in [2.24, 2.45) is 11.5 Å². The number of aliphatic hydroxyl groups is 1. The van der Waals surface area contributed by atoms with Gasteiger partial charge in [0.1, 0.15) is 63.9 Å². The molecule has 0 aliphatic heterocycles. The molecule has 7 aromatic carbocycles. The normalized spacial score (nSPS) is 9.77. The van der Waals surface area contributed by atoms with Crippen molar-refractivity contribution in [3.63, 3.8) is 0 Å². The minimum atomic E-state index is -3.94. The third kappa shape index (κ3) is 40.9. The Kier molecular flexibility index (Phi) is 75.7. The molecule has 10 aromatic rings. The minimum Gasteiger partial charge on any atom is -1.00 e. The maximum Gasteiger partial charge on any atom is 2.00 e. The van der Waals surface area contributed by atoms with Gasteiger partial charge in [-0.2, -0.15) is 4.39 Å². The zero-order valence-corrected chi connectivity index (χ0v) is 77.6. The molecule has 0 aliphatic rings. The quantitative estimate of drug-likeness (QED) is 0.00733. The van der Waals surface area contributed by atoms with Crippen LogP contribution in [-0.2, 0) is 41.3 Å². The molecule has 17 nitrogen and oxygen atoms in total. The molecule has 10 rings (SSSR count). The number of halogens is 20. The van der Waals surface area contributed by atoms with E-state index in [4.69, 9.17) is 42.6 Å². The number of carbonyl (C=O) groups is 2. The van der Waals surface area contributed by atoms with E-state index in [1.54, 1.807) is 45.2 Å². The van der Waals surface area contributed by atoms with Crippen molar-refractivity contribution in [2.75, 3.05) is 12.8 Å². The van der Waals surface area contributed by atoms with Crippen molar-refractivity contribution in [1.29, 1.82) is 5.41 Å². The summed E-state index contributed by atoms with van der Waals surface area (Å²) < 4.78 is 189. The molecule has 0 fully saturated rings. The van der Waals surface area contributed by atoms with Crippen LogP contribution in [0.5, 0.6) is 5.88 Å². The van der Waals surface area contributed by atoms with Gasteiger partial charge in [-0.3, -0.25) is 15.0 Å². The fraction of sp³-hybridized carbons (Fsp3) is 0.321. The largest absolute Gasteiger partial charge is 2.00 e. The average Bonchev–Trinajstić information content (AvgIpc) is 0.797. The SMILES string of the molecule is C.C.C.C.C.C.C.C.CC(O)c1c(F)ccc(Br)c1F.CC[SiH](CC)CC.CCc1c(F)c(Br)cc(C=O)c1F.CCc1c(F)c(Br)cc2cnc(F)nc12.CCc1c(F)c(Br)cc2cnc(N)nc12.CCc1c(F)ccc(Br)c1F.COc1nc(CS(=O)(=O)c2ccccc2Cl)c(F)cc1B(O)O.N=C(N)N.O=Cc1c(F)ccc(Br)c1F.[Br-].[CH3-].[Mg+2]. The fourth-order valence-corrected chi connectivity index (χ4v) is 15.5. The molecular weight excluding hydrogens is 2140 g/mol. The minimum absolute atomic E-state index is 0. The van der Waals surface area contributed by atoms with Crippen LogP contribution in [0.1, 0.15) is 175 Å². The van der Waals surface area contributed by atoms with Gasteiger partial charge in [0.2, 0.25) is 11.8 Å². The van der Waals surface area contributed by atoms with E-state index in [1.807, 2.05) is 6.92 Å². The van der Waals surface area contributed by atoms with Crippen molar-refractivity contribution < 1.29 is 108 Å². The molecule has 10 N–H and O–H groups in total. The number of pyridine rings is 1. The number of ether oxygens (including phenoxy) is 1. The number of rotatable bonds is 15. The molecule has 41 heteroatoms. The van der Waals surface area contributed by atoms with Gasteiger partial charge in [-0.15, -0.1) is 0 Å². The molecule has 0 radical (unpaired) electrons. The number of anilines is 1. The van der Waals surface area contributed by atoms with E-state index in [-0.39, 0.29) is 209 Å². The van der Waals surface area contributed by atoms with Crippen molar-refractivity contribution in [2.45, 2.75) is 175 Å². The molecule has 0 saturated carbocycles. The number of methoxy groups -OCH3 is 1. The number of nitrogen functional groups attached to an aromatic ring is 1. The molecule has 0 aliphatic carbocycles. The van der Waals surface area contributed by atoms with E-state index in [9.17, 15) is 70.7 Å². The van der Waals surface area contributed by atoms with Crippen LogP contribution in [0.4, 0.5) is 58.6 Å². The van der Waals surface area contributed by atoms with Gasteiger partial charge >= 0.3 is 36.2 Å². The second-order valence-electron chi connectivity index (χ2n) is 22.4. The number of aliphatic hydroxyl groups excluding tert-OH is 1. The molecule has 680 valence electrons. The number of carbonyl (C=O) groups excluding carboxylic acids is 2. The summed E-state index contributed by atoms with van der Waals surface area (Å²) in [7, 11) is -4.92. The standard InChI is InChI=1S/C13H12BClFNO5S.C10H7BrF2N2.C10H9BrFN3.C9H7BrF2O.C8H7BrF2O.C8H7BrF2.C7H3BrF2O.C6H16Si.CH5N3.8CH4.CH3.BrH.Mg/c1-22-13-8(14(18)19)6-10(16)11(17-13)7-23(20,21)12-5-3-2-4-9(12)15;2*1-2-6-8(12)7(11)3-5-4-14-10(13)15-9(5)6;1-2-6-8(11)5(4-13)3-7(10)9(6)12;1-4(12)7-6(10)3-2-5(9)8(7)11;1-2-5-7(10)4-3-6(9)8(5)11;8-5-1-2-6(9)4(3-11)7(5)10;1-4-7(5-2)6-3;2-1(3)4;;;;;;;;;;;/h2-6,18-19H,7H2,1H3;3-4H,2H2,1H3;3-4H,2H2,1H3,(H2,13,14,15);3-4H,2H2,1H3;2-4,12H,1H3;3-4H,2H2,1H3;1-3H;7H,4-6H2,1-3H3;(H5,2,3,4);8*1H4;1H3;1H;/q;;;;;;;;;;;;;;;;;-1;;+2/p-1. The van der Waals surface area contributed by atoms with Crippen LogP contribution in [-0.4, -0.2) is 113 Å². The van der Waals surface area contributed by atoms with E-state index in [0.717, 1.165) is 29.7 Å². The van der Waals surface area contributed by atoms with Gasteiger partial charge in [0.05, 0.1) is 83.4 Å². The van der Waals surface area contributed by atoms with Crippen LogP contribution in [0, 0.1) is 82.9 Å². The van der Waals surface area contributed by atoms with Crippen molar-refractivity contribution >= 4 is 208 Å². The van der Waals surface area contributed by atoms with Gasteiger partial charge in [-0.05, 0) is 201 Å². The Morgan fingerprint density at radius 2 is 0.959 bits per heavy atom. The first-order valence-electron chi connectivity index (χ1n) is 32.6. The zero-order valence-electron chi connectivity index (χ0n) is 62.3. The molecule has 0 spiro atoms. The number of aryl methyl sites for hydroxylation is 2. The first-order chi connectivity index (χ1) is 52.1. The molecule has 1 unspecified atom stereocenters. The van der Waals surface area contributed by atoms with E-state index < -0.39 is 98.5 Å². The molecule has 1 atom stereocenters. The van der Waals surface area contributed by atoms with Crippen LogP contribution in [0.25, 0.3) is 21.8 Å². The van der Waals surface area contributed by atoms with Crippen LogP contribution >= 0.6 is 107 Å². The smallest absolute Gasteiger partial charge is 1.00 e. The van der Waals surface area contributed by atoms with E-state index >= 15 is 0 Å². The van der Waals surface area contributed by atoms with Crippen molar-refractivity contribution in [1.82, 2.24) is 24.9 Å². The van der Waals surface area contributed by atoms with E-state index in [0.29, 0.717) is 66.5 Å². The molecular formula is C81H108BBr7ClF12MgN9O8SSi. The Hall–Kier alpha value is -5.73. The predicted molar refractivity (Wildman–Crippen MR) is 498 cm³/mol. The Morgan fingerprint density at radius 3 is 1.34 bits per heavy atom. The van der Waals surface area contributed by atoms with E-state index in [2.05, 4.69) is 153 Å². The maximum atomic E-state index is 14.0. The number of nitrogens with zero attached hydrogens (tertiary/aromatic N) is 5. The number of hydrogen-bond donors (Lipinski definition) is 7. The van der Waals surface area contributed by atoms with Gasteiger partial charge in [0.15, 0.2) is 34.2 Å². The summed E-state index contributed by atoms with van der Waals surface area (Å²) in [6.45, 7) is 15.3. The molecule has 122 heavy (non-hydrogen) atoms. The van der Waals surface area contributed by atoms with Crippen LogP contribution in [0.15, 0.2) is 129 Å². The zero-order chi connectivity index (χ0) is 84.6. The Morgan fingerprint density at radius 1 is 0.557 bits per heavy atom. The predicted octanol–water partition coefficient (Wildman–Crippen LogP) is 21.4. The third-order valence-corrected chi connectivity index (χ3v) is 24.3. The first-order valence-corrected chi connectivity index (χ1v) is 41.8. The van der Waals surface area contributed by atoms with Gasteiger partial charge in [0, 0.05) is 59.7 Å². The second-order valence-corrected chi connectivity index (χ2v) is 34.1. The number of aldehydes is 2. The van der Waals surface area contributed by atoms with Crippen LogP contribution < -0.4 is 44.4 Å². The number of benzene rings is 7. The number of sulfone groups is 1. The van der Waals surface area contributed by atoms with Crippen LogP contribution in [0.2, 0.25) is 23.2 Å². The Bertz CT molecular complexity index is 4890. The number of hydrogen-bond acceptors (Lipinski definition) is 15. The van der Waals surface area contributed by atoms with Gasteiger partial charge in [-0.1, -0.05) is 150 Å². The third-order valence-electron chi connectivity index (χ3n) is 15.1. The Labute approximate surface area is 795 Å². The summed E-state index contributed by atoms with van der Waals surface area (Å²) in [5, 5.41) is 34.8. The number of guanidine groups is 1. The molecule has 3 heterocycles. The van der Waals surface area contributed by atoms with Crippen molar-refractivity contribution in [3.8, 4) is 5.88 Å². The summed E-state index contributed by atoms with van der Waals surface area (Å²) >= 11 is 23.7. The summed E-state index contributed by atoms with van der Waals surface area (Å²) in [5.41, 5.74) is 14.7. The van der Waals surface area contributed by atoms with Crippen molar-refractivity contribution in [3.05, 3.63) is 251 Å². The molecule has 0 bridgehead atoms. The summed E-state index contributed by atoms with van der Waals surface area (Å²) in [4.78, 5) is 39.0. The average molecular weight is 2250 g/mol. The topological polar surface area (TPSA) is 305 Å².